The van der Waals surface area contributed by atoms with Gasteiger partial charge in [0.1, 0.15) is 0 Å². The molecule has 0 saturated carbocycles. The van der Waals surface area contributed by atoms with E-state index >= 15 is 0 Å². The summed E-state index contributed by atoms with van der Waals surface area (Å²) in [5.41, 5.74) is 0. The average molecular weight is 119 g/mol. The summed E-state index contributed by atoms with van der Waals surface area (Å²) in [5.74, 6) is 0. The summed E-state index contributed by atoms with van der Waals surface area (Å²) < 4.78 is 0. The minimum atomic E-state index is 0. The lowest BCUT2D eigenvalue weighted by atomic mass is 10.4. The van der Waals surface area contributed by atoms with E-state index in [1.54, 1.807) is 0 Å². The lowest BCUT2D eigenvalue weighted by molar-refractivity contribution is -0.191. The highest BCUT2D eigenvalue weighted by atomic mass is 16.2. The minimum Gasteiger partial charge on any atom is -0.344 e. The lowest BCUT2D eigenvalue weighted by Gasteiger charge is -1.68. The molecule has 0 radical (unpaired) electrons. The summed E-state index contributed by atoms with van der Waals surface area (Å²) in [7, 11) is 0. The molecule has 0 bridgehead atoms. The molecule has 0 aliphatic rings. The van der Waals surface area contributed by atoms with Crippen molar-refractivity contribution in [3.63, 3.8) is 0 Å². The van der Waals surface area contributed by atoms with Crippen molar-refractivity contribution < 1.29 is 9.59 Å². The molecule has 0 rings (SSSR count). The Morgan fingerprint density at radius 3 is 1.25 bits per heavy atom. The molecule has 0 aromatic heterocycles. The molecule has 0 unspecified atom stereocenters. The Balaban J connectivity index is -0.0000000575. The zero-order valence-electron chi connectivity index (χ0n) is 5.44. The van der Waals surface area contributed by atoms with Crippen LogP contribution in [-0.2, 0) is 9.59 Å². The second kappa shape index (κ2) is 33.0. The fraction of sp³-hybridized carbons (Fsp3) is 0.800. The van der Waals surface area contributed by atoms with Crippen molar-refractivity contribution in [2.45, 2.75) is 26.7 Å². The van der Waals surface area contributed by atoms with Gasteiger partial charge in [0, 0.05) is 0 Å². The molecule has 0 aromatic rings. The van der Waals surface area contributed by atoms with Crippen molar-refractivity contribution in [1.29, 1.82) is 0 Å². The Morgan fingerprint density at radius 2 is 1.25 bits per heavy atom. The van der Waals surface area contributed by atoms with Crippen LogP contribution < -0.4 is 6.15 Å². The molecule has 0 aliphatic carbocycles. The van der Waals surface area contributed by atoms with Crippen LogP contribution in [0.3, 0.4) is 0 Å². The van der Waals surface area contributed by atoms with Crippen LogP contribution in [0, 0.1) is 0 Å². The maximum absolute atomic E-state index is 8.12. The summed E-state index contributed by atoms with van der Waals surface area (Å²) in [6, 6.07) is 0. The first-order valence-corrected chi connectivity index (χ1v) is 2.32. The average Bonchev–Trinajstić information content (AvgIpc) is 1.69. The highest BCUT2D eigenvalue weighted by Crippen LogP contribution is 1.76. The van der Waals surface area contributed by atoms with Gasteiger partial charge in [-0.3, -0.25) is 0 Å². The molecule has 3 heteroatoms. The first kappa shape index (κ1) is 15.7. The lowest BCUT2D eigenvalue weighted by Crippen LogP contribution is -1.47. The summed E-state index contributed by atoms with van der Waals surface area (Å²) in [4.78, 5) is 16.2. The first-order chi connectivity index (χ1) is 3.33. The van der Waals surface area contributed by atoms with E-state index in [2.05, 4.69) is 13.8 Å². The van der Waals surface area contributed by atoms with Crippen molar-refractivity contribution in [1.82, 2.24) is 6.15 Å². The van der Waals surface area contributed by atoms with Gasteiger partial charge in [-0.15, -0.1) is 0 Å². The van der Waals surface area contributed by atoms with Gasteiger partial charge in [0.05, 0.1) is 0 Å². The largest absolute Gasteiger partial charge is 0.373 e. The Bertz CT molecular complexity index is 46.4. The van der Waals surface area contributed by atoms with Crippen molar-refractivity contribution in [2.24, 2.45) is 0 Å². The summed E-state index contributed by atoms with van der Waals surface area (Å²) in [6.07, 6.45) is 2.89. The first-order valence-electron chi connectivity index (χ1n) is 2.32. The maximum atomic E-state index is 8.12. The summed E-state index contributed by atoms with van der Waals surface area (Å²) in [6.45, 7) is 4.36. The molecule has 50 valence electrons. The fourth-order valence-corrected chi connectivity index (χ4v) is 0. The molecule has 0 aliphatic heterocycles. The van der Waals surface area contributed by atoms with Crippen LogP contribution in [-0.4, -0.2) is 6.15 Å². The zero-order chi connectivity index (χ0) is 6.12. The molecule has 0 fully saturated rings. The molecule has 3 N–H and O–H groups in total. The quantitative estimate of drug-likeness (QED) is 0.567. The van der Waals surface area contributed by atoms with E-state index in [4.69, 9.17) is 9.59 Å². The number of hydrogen-bond donors (Lipinski definition) is 1. The molecule has 0 atom stereocenters. The molecule has 0 amide bonds. The number of rotatable bonds is 1. The molecule has 8 heavy (non-hydrogen) atoms. The van der Waals surface area contributed by atoms with Crippen LogP contribution in [0.5, 0.6) is 0 Å². The van der Waals surface area contributed by atoms with Crippen molar-refractivity contribution in [2.75, 3.05) is 0 Å². The van der Waals surface area contributed by atoms with Crippen LogP contribution >= 0.6 is 0 Å². The number of carbonyl (C=O) groups excluding carboxylic acids is 2. The van der Waals surface area contributed by atoms with Crippen LogP contribution in [0.15, 0.2) is 0 Å². The van der Waals surface area contributed by atoms with E-state index in [0.717, 1.165) is 0 Å². The number of unbranched alkanes of at least 4 members (excludes halogenated alkanes) is 1. The molecule has 0 spiro atoms. The second-order valence-electron chi connectivity index (χ2n) is 1.08. The van der Waals surface area contributed by atoms with Gasteiger partial charge in [0.2, 0.25) is 0 Å². The standard InChI is InChI=1S/C4H10.CO2.H3N/c1-3-4-2;2-1-3;/h3-4H2,1-2H3;;1H3. The minimum absolute atomic E-state index is 0. The predicted octanol–water partition coefficient (Wildman–Crippen LogP) is 1.38. The molecular weight excluding hydrogens is 106 g/mol. The smallest absolute Gasteiger partial charge is 0.344 e. The Kier molecular flexibility index (Phi) is 64.6. The SMILES string of the molecule is CCCC.N.O=C=O. The van der Waals surface area contributed by atoms with E-state index in [1.165, 1.54) is 12.8 Å². The maximum Gasteiger partial charge on any atom is 0.373 e. The Hall–Kier alpha value is -0.660. The molecular formula is C5H13NO2. The molecule has 3 nitrogen and oxygen atoms in total. The van der Waals surface area contributed by atoms with Crippen LogP contribution in [0.1, 0.15) is 26.7 Å². The topological polar surface area (TPSA) is 69.1 Å². The Labute approximate surface area is 49.7 Å². The highest BCUT2D eigenvalue weighted by Gasteiger charge is 1.56. The van der Waals surface area contributed by atoms with Crippen molar-refractivity contribution in [3.05, 3.63) is 0 Å². The van der Waals surface area contributed by atoms with E-state index in [9.17, 15) is 0 Å². The van der Waals surface area contributed by atoms with Gasteiger partial charge in [0.25, 0.3) is 0 Å². The van der Waals surface area contributed by atoms with E-state index in [1.807, 2.05) is 0 Å². The number of hydrogen-bond acceptors (Lipinski definition) is 3. The van der Waals surface area contributed by atoms with Gasteiger partial charge in [-0.2, -0.15) is 9.59 Å². The van der Waals surface area contributed by atoms with E-state index in [-0.39, 0.29) is 12.3 Å². The third-order valence-electron chi connectivity index (χ3n) is 0.500. The van der Waals surface area contributed by atoms with Crippen LogP contribution in [0.4, 0.5) is 0 Å². The van der Waals surface area contributed by atoms with Gasteiger partial charge < -0.3 is 6.15 Å². The van der Waals surface area contributed by atoms with E-state index < -0.39 is 0 Å². The van der Waals surface area contributed by atoms with Crippen LogP contribution in [0.25, 0.3) is 0 Å². The summed E-state index contributed by atoms with van der Waals surface area (Å²) >= 11 is 0. The predicted molar refractivity (Wildman–Crippen MR) is 30.6 cm³/mol. The van der Waals surface area contributed by atoms with Crippen molar-refractivity contribution in [3.8, 4) is 0 Å². The second-order valence-corrected chi connectivity index (χ2v) is 1.08. The van der Waals surface area contributed by atoms with Gasteiger partial charge in [0.15, 0.2) is 0 Å². The molecule has 0 saturated heterocycles. The third-order valence-corrected chi connectivity index (χ3v) is 0.500. The summed E-state index contributed by atoms with van der Waals surface area (Å²) in [5, 5.41) is 0. The van der Waals surface area contributed by atoms with Gasteiger partial charge in [-0.25, -0.2) is 0 Å². The fourth-order valence-electron chi connectivity index (χ4n) is 0. The van der Waals surface area contributed by atoms with Crippen molar-refractivity contribution >= 4 is 6.15 Å². The highest BCUT2D eigenvalue weighted by molar-refractivity contribution is 5.20. The third kappa shape index (κ3) is 870. The van der Waals surface area contributed by atoms with Gasteiger partial charge >= 0.3 is 6.15 Å². The van der Waals surface area contributed by atoms with Crippen LogP contribution in [0.2, 0.25) is 0 Å². The van der Waals surface area contributed by atoms with Gasteiger partial charge in [-0.05, 0) is 0 Å². The molecule has 0 heterocycles. The zero-order valence-corrected chi connectivity index (χ0v) is 5.44. The normalized spacial score (nSPS) is 4.75. The monoisotopic (exact) mass is 119 g/mol. The Morgan fingerprint density at radius 1 is 1.12 bits per heavy atom. The van der Waals surface area contributed by atoms with Gasteiger partial charge in [-0.1, -0.05) is 26.7 Å². The van der Waals surface area contributed by atoms with E-state index in [0.29, 0.717) is 0 Å². The molecule has 0 aromatic carbocycles.